The molecule has 1 aliphatic rings. The van der Waals surface area contributed by atoms with E-state index in [9.17, 15) is 9.18 Å². The number of benzene rings is 1. The lowest BCUT2D eigenvalue weighted by molar-refractivity contribution is -0.118. The van der Waals surface area contributed by atoms with Crippen LogP contribution in [0.5, 0.6) is 0 Å². The van der Waals surface area contributed by atoms with Gasteiger partial charge in [-0.3, -0.25) is 4.79 Å². The zero-order chi connectivity index (χ0) is 10.1. The highest BCUT2D eigenvalue weighted by Crippen LogP contribution is 2.34. The van der Waals surface area contributed by atoms with Gasteiger partial charge in [-0.25, -0.2) is 4.39 Å². The number of hydrogen-bond acceptors (Lipinski definition) is 2. The minimum Gasteiger partial charge on any atom is -0.396 e. The van der Waals surface area contributed by atoms with Crippen molar-refractivity contribution in [3.8, 4) is 0 Å². The molecule has 0 aliphatic heterocycles. The van der Waals surface area contributed by atoms with Crippen molar-refractivity contribution in [3.63, 3.8) is 0 Å². The average Bonchev–Trinajstić information content (AvgIpc) is 2.57. The lowest BCUT2D eigenvalue weighted by atomic mass is 9.95. The number of Topliss-reactive ketones (excluding diaryl/α,β-unsaturated/α-hetero) is 1. The van der Waals surface area contributed by atoms with E-state index in [-0.39, 0.29) is 17.4 Å². The molecule has 0 amide bonds. The zero-order valence-corrected chi connectivity index (χ0v) is 7.79. The van der Waals surface area contributed by atoms with E-state index >= 15 is 0 Å². The normalized spacial score (nSPS) is 21.5. The number of carbonyl (C=O) groups is 1. The van der Waals surface area contributed by atoms with Crippen molar-refractivity contribution in [2.45, 2.75) is 25.2 Å². The Kier molecular flexibility index (Phi) is 2.23. The Morgan fingerprint density at radius 3 is 2.86 bits per heavy atom. The minimum atomic E-state index is -0.429. The Balaban J connectivity index is 2.41. The maximum absolute atomic E-state index is 13.1. The summed E-state index contributed by atoms with van der Waals surface area (Å²) < 4.78 is 13.1. The smallest absolute Gasteiger partial charge is 0.146 e. The lowest BCUT2D eigenvalue weighted by Crippen LogP contribution is -2.08. The second-order valence-corrected chi connectivity index (χ2v) is 3.65. The van der Waals surface area contributed by atoms with Gasteiger partial charge in [-0.15, -0.1) is 0 Å². The summed E-state index contributed by atoms with van der Waals surface area (Å²) in [4.78, 5) is 11.5. The summed E-state index contributed by atoms with van der Waals surface area (Å²) in [5, 5.41) is 0. The number of nitrogens with two attached hydrogens (primary N) is 1. The van der Waals surface area contributed by atoms with Gasteiger partial charge >= 0.3 is 0 Å². The van der Waals surface area contributed by atoms with E-state index in [0.29, 0.717) is 12.0 Å². The highest BCUT2D eigenvalue weighted by Gasteiger charge is 2.27. The molecule has 1 saturated carbocycles. The molecule has 1 unspecified atom stereocenters. The van der Waals surface area contributed by atoms with Crippen LogP contribution < -0.4 is 5.73 Å². The Labute approximate surface area is 81.9 Å². The van der Waals surface area contributed by atoms with Gasteiger partial charge in [0.15, 0.2) is 0 Å². The predicted molar refractivity (Wildman–Crippen MR) is 52.4 cm³/mol. The topological polar surface area (TPSA) is 43.1 Å². The van der Waals surface area contributed by atoms with Gasteiger partial charge < -0.3 is 5.73 Å². The molecule has 0 heterocycles. The Morgan fingerprint density at radius 1 is 1.43 bits per heavy atom. The summed E-state index contributed by atoms with van der Waals surface area (Å²) in [5.41, 5.74) is 6.39. The molecular weight excluding hydrogens is 181 g/mol. The van der Waals surface area contributed by atoms with Crippen LogP contribution >= 0.6 is 0 Å². The molecule has 0 bridgehead atoms. The monoisotopic (exact) mass is 193 g/mol. The van der Waals surface area contributed by atoms with Crippen LogP contribution in [-0.2, 0) is 4.79 Å². The van der Waals surface area contributed by atoms with Gasteiger partial charge in [0.1, 0.15) is 11.6 Å². The largest absolute Gasteiger partial charge is 0.396 e. The van der Waals surface area contributed by atoms with Crippen LogP contribution in [0.15, 0.2) is 18.2 Å². The first-order valence-corrected chi connectivity index (χ1v) is 4.76. The molecule has 3 heteroatoms. The first kappa shape index (κ1) is 9.19. The van der Waals surface area contributed by atoms with Crippen molar-refractivity contribution < 1.29 is 9.18 Å². The molecule has 1 aliphatic carbocycles. The summed E-state index contributed by atoms with van der Waals surface area (Å²) in [6, 6.07) is 4.66. The minimum absolute atomic E-state index is 0.132. The van der Waals surface area contributed by atoms with Gasteiger partial charge in [0, 0.05) is 12.3 Å². The Morgan fingerprint density at radius 2 is 2.21 bits per heavy atom. The fraction of sp³-hybridized carbons (Fsp3) is 0.364. The summed E-state index contributed by atoms with van der Waals surface area (Å²) >= 11 is 0. The van der Waals surface area contributed by atoms with Gasteiger partial charge in [-0.2, -0.15) is 0 Å². The first-order chi connectivity index (χ1) is 6.70. The fourth-order valence-electron chi connectivity index (χ4n) is 2.00. The van der Waals surface area contributed by atoms with Gasteiger partial charge in [0.05, 0.1) is 5.69 Å². The van der Waals surface area contributed by atoms with Crippen molar-refractivity contribution in [2.75, 3.05) is 5.73 Å². The molecule has 74 valence electrons. The van der Waals surface area contributed by atoms with Crippen molar-refractivity contribution in [1.82, 2.24) is 0 Å². The van der Waals surface area contributed by atoms with Crippen molar-refractivity contribution >= 4 is 11.5 Å². The number of nitrogen functional groups attached to an aromatic ring is 1. The van der Waals surface area contributed by atoms with Crippen LogP contribution in [0, 0.1) is 5.82 Å². The molecular formula is C11H12FNO. The molecule has 0 saturated heterocycles. The van der Waals surface area contributed by atoms with Gasteiger partial charge in [-0.05, 0) is 24.5 Å². The molecule has 1 fully saturated rings. The van der Waals surface area contributed by atoms with E-state index in [0.717, 1.165) is 12.8 Å². The highest BCUT2D eigenvalue weighted by atomic mass is 19.1. The predicted octanol–water partition coefficient (Wildman–Crippen LogP) is 2.24. The second-order valence-electron chi connectivity index (χ2n) is 3.65. The third kappa shape index (κ3) is 1.39. The standard InChI is InChI=1S/C11H12FNO/c12-9-5-1-4-8(11(9)13)7-3-2-6-10(7)14/h1,4-5,7H,2-3,6,13H2. The van der Waals surface area contributed by atoms with Crippen LogP contribution in [0.25, 0.3) is 0 Å². The fourth-order valence-corrected chi connectivity index (χ4v) is 2.00. The molecule has 1 aromatic rings. The molecule has 0 aromatic heterocycles. The number of hydrogen-bond donors (Lipinski definition) is 1. The van der Waals surface area contributed by atoms with E-state index in [1.165, 1.54) is 6.07 Å². The van der Waals surface area contributed by atoms with Crippen molar-refractivity contribution in [3.05, 3.63) is 29.6 Å². The van der Waals surface area contributed by atoms with Crippen molar-refractivity contribution in [2.24, 2.45) is 0 Å². The summed E-state index contributed by atoms with van der Waals surface area (Å²) in [6.07, 6.45) is 2.28. The maximum Gasteiger partial charge on any atom is 0.146 e. The quantitative estimate of drug-likeness (QED) is 0.695. The lowest BCUT2D eigenvalue weighted by Gasteiger charge is -2.11. The van der Waals surface area contributed by atoms with E-state index in [4.69, 9.17) is 5.73 Å². The van der Waals surface area contributed by atoms with Crippen LogP contribution in [-0.4, -0.2) is 5.78 Å². The van der Waals surface area contributed by atoms with Crippen LogP contribution in [0.4, 0.5) is 10.1 Å². The highest BCUT2D eigenvalue weighted by molar-refractivity contribution is 5.89. The first-order valence-electron chi connectivity index (χ1n) is 4.76. The van der Waals surface area contributed by atoms with Crippen LogP contribution in [0.3, 0.4) is 0 Å². The summed E-state index contributed by atoms with van der Waals surface area (Å²) in [7, 11) is 0. The SMILES string of the molecule is Nc1c(F)cccc1C1CCCC1=O. The number of para-hydroxylation sites is 1. The molecule has 2 rings (SSSR count). The van der Waals surface area contributed by atoms with E-state index < -0.39 is 5.82 Å². The molecule has 0 radical (unpaired) electrons. The van der Waals surface area contributed by atoms with Gasteiger partial charge in [0.2, 0.25) is 0 Å². The van der Waals surface area contributed by atoms with Crippen LogP contribution in [0.2, 0.25) is 0 Å². The van der Waals surface area contributed by atoms with E-state index in [1.54, 1.807) is 12.1 Å². The number of halogens is 1. The third-order valence-corrected chi connectivity index (χ3v) is 2.77. The van der Waals surface area contributed by atoms with E-state index in [1.807, 2.05) is 0 Å². The molecule has 2 nitrogen and oxygen atoms in total. The number of anilines is 1. The van der Waals surface area contributed by atoms with E-state index in [2.05, 4.69) is 0 Å². The average molecular weight is 193 g/mol. The molecule has 0 spiro atoms. The number of ketones is 1. The third-order valence-electron chi connectivity index (χ3n) is 2.77. The van der Waals surface area contributed by atoms with Crippen molar-refractivity contribution in [1.29, 1.82) is 0 Å². The summed E-state index contributed by atoms with van der Waals surface area (Å²) in [5.74, 6) is -0.421. The number of rotatable bonds is 1. The molecule has 1 aromatic carbocycles. The number of carbonyl (C=O) groups excluding carboxylic acids is 1. The molecule has 14 heavy (non-hydrogen) atoms. The maximum atomic E-state index is 13.1. The molecule has 2 N–H and O–H groups in total. The summed E-state index contributed by atoms with van der Waals surface area (Å²) in [6.45, 7) is 0. The molecule has 1 atom stereocenters. The van der Waals surface area contributed by atoms with Gasteiger partial charge in [-0.1, -0.05) is 12.1 Å². The second kappa shape index (κ2) is 3.40. The zero-order valence-electron chi connectivity index (χ0n) is 7.79. The Hall–Kier alpha value is -1.38. The van der Waals surface area contributed by atoms with Gasteiger partial charge in [0.25, 0.3) is 0 Å². The van der Waals surface area contributed by atoms with Crippen LogP contribution in [0.1, 0.15) is 30.7 Å². The Bertz CT molecular complexity index is 376.